The first-order valence-corrected chi connectivity index (χ1v) is 7.82. The molecule has 21 heavy (non-hydrogen) atoms. The lowest BCUT2D eigenvalue weighted by Crippen LogP contribution is -2.20. The third kappa shape index (κ3) is 4.57. The Labute approximate surface area is 130 Å². The van der Waals surface area contributed by atoms with Crippen LogP contribution in [0.4, 0.5) is 0 Å². The zero-order valence-corrected chi connectivity index (χ0v) is 14.4. The third-order valence-electron chi connectivity index (χ3n) is 3.95. The second-order valence-electron chi connectivity index (χ2n) is 7.12. The number of hydrogen-bond donors (Lipinski definition) is 1. The molecule has 1 heteroatoms. The van der Waals surface area contributed by atoms with Gasteiger partial charge in [0.1, 0.15) is 0 Å². The first kappa shape index (κ1) is 17.7. The lowest BCUT2D eigenvalue weighted by atomic mass is 9.71. The highest BCUT2D eigenvalue weighted by Crippen LogP contribution is 2.42. The Hall–Kier alpha value is -1.34. The molecule has 0 aliphatic rings. The fourth-order valence-corrected chi connectivity index (χ4v) is 2.97. The van der Waals surface area contributed by atoms with E-state index >= 15 is 0 Å². The Morgan fingerprint density at radius 2 is 1.48 bits per heavy atom. The molecule has 0 heterocycles. The quantitative estimate of drug-likeness (QED) is 0.776. The average Bonchev–Trinajstić information content (AvgIpc) is 2.45. The van der Waals surface area contributed by atoms with Crippen LogP contribution >= 0.6 is 0 Å². The van der Waals surface area contributed by atoms with Crippen molar-refractivity contribution in [1.82, 2.24) is 0 Å². The summed E-state index contributed by atoms with van der Waals surface area (Å²) in [4.78, 5) is 0. The van der Waals surface area contributed by atoms with E-state index in [1.807, 2.05) is 0 Å². The molecular formula is C20H30O. The molecule has 0 aliphatic heterocycles. The summed E-state index contributed by atoms with van der Waals surface area (Å²) < 4.78 is 0. The summed E-state index contributed by atoms with van der Waals surface area (Å²) in [5.74, 6) is 1.33. The Balaban J connectivity index is 0.00000106. The Morgan fingerprint density at radius 3 is 2.05 bits per heavy atom. The molecule has 0 saturated heterocycles. The highest BCUT2D eigenvalue weighted by Gasteiger charge is 2.27. The van der Waals surface area contributed by atoms with Gasteiger partial charge in [0.15, 0.2) is 0 Å². The van der Waals surface area contributed by atoms with E-state index in [4.69, 9.17) is 5.11 Å². The topological polar surface area (TPSA) is 20.2 Å². The van der Waals surface area contributed by atoms with Gasteiger partial charge in [0.05, 0.1) is 0 Å². The zero-order valence-electron chi connectivity index (χ0n) is 14.4. The van der Waals surface area contributed by atoms with Crippen LogP contribution in [0.3, 0.4) is 0 Å². The number of aliphatic hydroxyl groups is 1. The van der Waals surface area contributed by atoms with Gasteiger partial charge in [0.25, 0.3) is 0 Å². The van der Waals surface area contributed by atoms with Crippen molar-refractivity contribution in [2.45, 2.75) is 47.0 Å². The predicted octanol–water partition coefficient (Wildman–Crippen LogP) is 5.62. The van der Waals surface area contributed by atoms with Crippen molar-refractivity contribution in [3.63, 3.8) is 0 Å². The van der Waals surface area contributed by atoms with E-state index in [2.05, 4.69) is 77.1 Å². The van der Waals surface area contributed by atoms with Crippen molar-refractivity contribution in [3.8, 4) is 0 Å². The molecule has 0 spiro atoms. The SMILES string of the molecule is CC(C)CC(c1cccc2ccccc12)C(C)(C)C.CO. The second-order valence-corrected chi connectivity index (χ2v) is 7.12. The molecule has 0 radical (unpaired) electrons. The predicted molar refractivity (Wildman–Crippen MR) is 93.7 cm³/mol. The van der Waals surface area contributed by atoms with Crippen LogP contribution < -0.4 is 0 Å². The standard InChI is InChI=1S/C19H26.CH4O/c1-14(2)13-18(19(3,4)5)17-12-8-10-15-9-6-7-11-16(15)17;1-2/h6-12,14,18H,13H2,1-5H3;2H,1H3. The lowest BCUT2D eigenvalue weighted by Gasteiger charge is -2.33. The molecule has 0 bridgehead atoms. The van der Waals surface area contributed by atoms with E-state index < -0.39 is 0 Å². The number of hydrogen-bond acceptors (Lipinski definition) is 1. The summed E-state index contributed by atoms with van der Waals surface area (Å²) in [6.45, 7) is 11.7. The minimum absolute atomic E-state index is 0.300. The lowest BCUT2D eigenvalue weighted by molar-refractivity contribution is 0.281. The van der Waals surface area contributed by atoms with E-state index in [1.54, 1.807) is 0 Å². The maximum absolute atomic E-state index is 7.00. The van der Waals surface area contributed by atoms with Gasteiger partial charge in [-0.1, -0.05) is 77.1 Å². The molecule has 116 valence electrons. The fraction of sp³-hybridized carbons (Fsp3) is 0.500. The molecule has 1 nitrogen and oxygen atoms in total. The van der Waals surface area contributed by atoms with Crippen LogP contribution in [0.1, 0.15) is 52.5 Å². The average molecular weight is 286 g/mol. The van der Waals surface area contributed by atoms with Gasteiger partial charge < -0.3 is 5.11 Å². The van der Waals surface area contributed by atoms with E-state index in [-0.39, 0.29) is 0 Å². The van der Waals surface area contributed by atoms with Crippen LogP contribution in [-0.4, -0.2) is 12.2 Å². The smallest absolute Gasteiger partial charge is 0.0319 e. The van der Waals surface area contributed by atoms with Crippen LogP contribution in [0, 0.1) is 11.3 Å². The summed E-state index contributed by atoms with van der Waals surface area (Å²) in [5, 5.41) is 9.78. The number of fused-ring (bicyclic) bond motifs is 1. The third-order valence-corrected chi connectivity index (χ3v) is 3.95. The van der Waals surface area contributed by atoms with E-state index in [9.17, 15) is 0 Å². The van der Waals surface area contributed by atoms with Crippen molar-refractivity contribution in [2.75, 3.05) is 7.11 Å². The number of rotatable bonds is 3. The van der Waals surface area contributed by atoms with Crippen molar-refractivity contribution in [2.24, 2.45) is 11.3 Å². The molecule has 2 rings (SSSR count). The minimum Gasteiger partial charge on any atom is -0.400 e. The summed E-state index contributed by atoms with van der Waals surface area (Å²) in [6.07, 6.45) is 1.25. The van der Waals surface area contributed by atoms with Crippen LogP contribution in [-0.2, 0) is 0 Å². The first-order valence-electron chi connectivity index (χ1n) is 7.82. The van der Waals surface area contributed by atoms with Crippen LogP contribution in [0.15, 0.2) is 42.5 Å². The second kappa shape index (κ2) is 7.61. The molecule has 0 aliphatic carbocycles. The highest BCUT2D eigenvalue weighted by molar-refractivity contribution is 5.86. The largest absolute Gasteiger partial charge is 0.400 e. The van der Waals surface area contributed by atoms with Gasteiger partial charge in [-0.25, -0.2) is 0 Å². The van der Waals surface area contributed by atoms with Crippen LogP contribution in [0.25, 0.3) is 10.8 Å². The highest BCUT2D eigenvalue weighted by atomic mass is 16.2. The molecule has 0 aromatic heterocycles. The van der Waals surface area contributed by atoms with Gasteiger partial charge in [0.2, 0.25) is 0 Å². The van der Waals surface area contributed by atoms with Crippen LogP contribution in [0.2, 0.25) is 0 Å². The minimum atomic E-state index is 0.300. The van der Waals surface area contributed by atoms with Crippen molar-refractivity contribution in [1.29, 1.82) is 0 Å². The molecule has 0 saturated carbocycles. The van der Waals surface area contributed by atoms with Gasteiger partial charge in [-0.3, -0.25) is 0 Å². The van der Waals surface area contributed by atoms with E-state index in [0.717, 1.165) is 13.0 Å². The molecule has 1 unspecified atom stereocenters. The van der Waals surface area contributed by atoms with Crippen LogP contribution in [0.5, 0.6) is 0 Å². The summed E-state index contributed by atoms with van der Waals surface area (Å²) in [6, 6.07) is 15.5. The number of aliphatic hydroxyl groups excluding tert-OH is 1. The summed E-state index contributed by atoms with van der Waals surface area (Å²) in [5.41, 5.74) is 1.81. The monoisotopic (exact) mass is 286 g/mol. The maximum atomic E-state index is 7.00. The molecule has 1 atom stereocenters. The fourth-order valence-electron chi connectivity index (χ4n) is 2.97. The van der Waals surface area contributed by atoms with Gasteiger partial charge in [-0.2, -0.15) is 0 Å². The molecule has 1 N–H and O–H groups in total. The van der Waals surface area contributed by atoms with Gasteiger partial charge in [-0.05, 0) is 40.0 Å². The number of benzene rings is 2. The first-order chi connectivity index (χ1) is 9.89. The van der Waals surface area contributed by atoms with Gasteiger partial charge >= 0.3 is 0 Å². The molecule has 2 aromatic rings. The molecular weight excluding hydrogens is 256 g/mol. The Bertz CT molecular complexity index is 544. The molecule has 0 amide bonds. The molecule has 0 fully saturated rings. The van der Waals surface area contributed by atoms with Crippen molar-refractivity contribution in [3.05, 3.63) is 48.0 Å². The zero-order chi connectivity index (χ0) is 16.0. The summed E-state index contributed by atoms with van der Waals surface area (Å²) in [7, 11) is 1.00. The van der Waals surface area contributed by atoms with E-state index in [1.165, 1.54) is 22.8 Å². The van der Waals surface area contributed by atoms with E-state index in [0.29, 0.717) is 11.3 Å². The Kier molecular flexibility index (Phi) is 6.42. The normalized spacial score (nSPS) is 13.0. The van der Waals surface area contributed by atoms with Gasteiger partial charge in [-0.15, -0.1) is 0 Å². The Morgan fingerprint density at radius 1 is 0.905 bits per heavy atom. The molecule has 2 aromatic carbocycles. The van der Waals surface area contributed by atoms with Gasteiger partial charge in [0, 0.05) is 7.11 Å². The maximum Gasteiger partial charge on any atom is 0.0319 e. The van der Waals surface area contributed by atoms with Crippen molar-refractivity contribution >= 4 is 10.8 Å². The van der Waals surface area contributed by atoms with Crippen molar-refractivity contribution < 1.29 is 5.11 Å². The summed E-state index contributed by atoms with van der Waals surface area (Å²) >= 11 is 0.